The van der Waals surface area contributed by atoms with Gasteiger partial charge in [0, 0.05) is 42.1 Å². The van der Waals surface area contributed by atoms with Crippen molar-refractivity contribution >= 4 is 16.7 Å². The summed E-state index contributed by atoms with van der Waals surface area (Å²) in [5.74, 6) is 1.33. The normalized spacial score (nSPS) is 10.9. The summed E-state index contributed by atoms with van der Waals surface area (Å²) in [6.45, 7) is 0.752. The van der Waals surface area contributed by atoms with Crippen molar-refractivity contribution in [3.05, 3.63) is 90.9 Å². The maximum Gasteiger partial charge on any atom is 0.180 e. The lowest BCUT2D eigenvalue weighted by molar-refractivity contribution is 1.01. The van der Waals surface area contributed by atoms with Gasteiger partial charge in [0.15, 0.2) is 5.82 Å². The molecule has 146 valence electrons. The van der Waals surface area contributed by atoms with Crippen LogP contribution in [0, 0.1) is 0 Å². The van der Waals surface area contributed by atoms with Crippen LogP contribution in [0.1, 0.15) is 5.56 Å². The maximum absolute atomic E-state index is 4.69. The lowest BCUT2D eigenvalue weighted by atomic mass is 10.1. The van der Waals surface area contributed by atoms with Gasteiger partial charge in [-0.05, 0) is 42.3 Å². The van der Waals surface area contributed by atoms with Gasteiger partial charge in [0.05, 0.1) is 11.4 Å². The highest BCUT2D eigenvalue weighted by Gasteiger charge is 2.10. The minimum absolute atomic E-state index is 0.577. The first-order valence-corrected chi connectivity index (χ1v) is 9.87. The number of aromatic nitrogens is 5. The molecule has 0 fully saturated rings. The standard InChI is InChI=1S/C24H20N6/c1-2-8-19-18(7-1)17(16-28-19)11-14-27-23-15-22(20-9-3-5-12-25-20)29-24(30-23)21-10-4-6-13-26-21/h1-10,12-13,15-16,28H,11,14H2,(H,27,29,30). The van der Waals surface area contributed by atoms with Crippen LogP contribution < -0.4 is 5.32 Å². The SMILES string of the molecule is c1ccc(-c2cc(NCCc3c[nH]c4ccccc34)nc(-c3ccccn3)n2)nc1. The summed E-state index contributed by atoms with van der Waals surface area (Å²) in [6, 6.07) is 21.8. The number of para-hydroxylation sites is 1. The van der Waals surface area contributed by atoms with Crippen molar-refractivity contribution in [1.29, 1.82) is 0 Å². The van der Waals surface area contributed by atoms with E-state index in [1.165, 1.54) is 10.9 Å². The Hall–Kier alpha value is -4.06. The monoisotopic (exact) mass is 392 g/mol. The molecule has 0 saturated heterocycles. The first-order valence-electron chi connectivity index (χ1n) is 9.87. The van der Waals surface area contributed by atoms with Gasteiger partial charge < -0.3 is 10.3 Å². The fourth-order valence-electron chi connectivity index (χ4n) is 3.46. The number of hydrogen-bond acceptors (Lipinski definition) is 5. The highest BCUT2D eigenvalue weighted by molar-refractivity contribution is 5.83. The van der Waals surface area contributed by atoms with Crippen molar-refractivity contribution in [2.45, 2.75) is 6.42 Å². The number of fused-ring (bicyclic) bond motifs is 1. The molecule has 0 radical (unpaired) electrons. The van der Waals surface area contributed by atoms with Gasteiger partial charge in [-0.25, -0.2) is 9.97 Å². The van der Waals surface area contributed by atoms with Gasteiger partial charge in [0.25, 0.3) is 0 Å². The van der Waals surface area contributed by atoms with E-state index in [4.69, 9.17) is 9.97 Å². The van der Waals surface area contributed by atoms with Crippen molar-refractivity contribution in [3.8, 4) is 22.9 Å². The third kappa shape index (κ3) is 3.75. The fourth-order valence-corrected chi connectivity index (χ4v) is 3.46. The Balaban J connectivity index is 1.42. The molecule has 4 heterocycles. The quantitative estimate of drug-likeness (QED) is 0.436. The van der Waals surface area contributed by atoms with Gasteiger partial charge in [-0.2, -0.15) is 0 Å². The van der Waals surface area contributed by atoms with E-state index in [9.17, 15) is 0 Å². The van der Waals surface area contributed by atoms with Crippen LogP contribution in [0.5, 0.6) is 0 Å². The molecule has 6 heteroatoms. The van der Waals surface area contributed by atoms with Crippen LogP contribution in [0.3, 0.4) is 0 Å². The fraction of sp³-hybridized carbons (Fsp3) is 0.0833. The van der Waals surface area contributed by atoms with Crippen LogP contribution in [-0.2, 0) is 6.42 Å². The Morgan fingerprint density at radius 3 is 2.33 bits per heavy atom. The van der Waals surface area contributed by atoms with Crippen molar-refractivity contribution < 1.29 is 0 Å². The number of nitrogens with zero attached hydrogens (tertiary/aromatic N) is 4. The van der Waals surface area contributed by atoms with Crippen molar-refractivity contribution in [2.24, 2.45) is 0 Å². The van der Waals surface area contributed by atoms with Crippen molar-refractivity contribution in [3.63, 3.8) is 0 Å². The van der Waals surface area contributed by atoms with Gasteiger partial charge in [0.2, 0.25) is 0 Å². The van der Waals surface area contributed by atoms with E-state index >= 15 is 0 Å². The van der Waals surface area contributed by atoms with E-state index in [0.29, 0.717) is 5.82 Å². The second kappa shape index (κ2) is 8.13. The van der Waals surface area contributed by atoms with E-state index < -0.39 is 0 Å². The van der Waals surface area contributed by atoms with Crippen molar-refractivity contribution in [2.75, 3.05) is 11.9 Å². The average molecular weight is 392 g/mol. The molecule has 0 aliphatic rings. The Morgan fingerprint density at radius 1 is 0.767 bits per heavy atom. The summed E-state index contributed by atoms with van der Waals surface area (Å²) in [6.07, 6.45) is 6.47. The highest BCUT2D eigenvalue weighted by Crippen LogP contribution is 2.22. The zero-order valence-corrected chi connectivity index (χ0v) is 16.3. The molecule has 1 aromatic carbocycles. The topological polar surface area (TPSA) is 79.4 Å². The van der Waals surface area contributed by atoms with Crippen LogP contribution >= 0.6 is 0 Å². The first kappa shape index (κ1) is 18.0. The van der Waals surface area contributed by atoms with Crippen LogP contribution in [0.2, 0.25) is 0 Å². The van der Waals surface area contributed by atoms with Crippen LogP contribution in [-0.4, -0.2) is 31.5 Å². The molecular formula is C24H20N6. The molecule has 0 aliphatic carbocycles. The summed E-state index contributed by atoms with van der Waals surface area (Å²) in [4.78, 5) is 21.5. The highest BCUT2D eigenvalue weighted by atomic mass is 15.0. The molecule has 5 rings (SSSR count). The first-order chi connectivity index (χ1) is 14.9. The Morgan fingerprint density at radius 2 is 1.53 bits per heavy atom. The minimum atomic E-state index is 0.577. The number of nitrogens with one attached hydrogen (secondary N) is 2. The largest absolute Gasteiger partial charge is 0.370 e. The summed E-state index contributed by atoms with van der Waals surface area (Å²) >= 11 is 0. The van der Waals surface area contributed by atoms with E-state index in [-0.39, 0.29) is 0 Å². The molecule has 2 N–H and O–H groups in total. The summed E-state index contributed by atoms with van der Waals surface area (Å²) in [7, 11) is 0. The number of aromatic amines is 1. The van der Waals surface area contributed by atoms with Gasteiger partial charge in [0.1, 0.15) is 11.5 Å². The van der Waals surface area contributed by atoms with Gasteiger partial charge in [-0.3, -0.25) is 9.97 Å². The van der Waals surface area contributed by atoms with Crippen molar-refractivity contribution in [1.82, 2.24) is 24.9 Å². The average Bonchev–Trinajstić information content (AvgIpc) is 3.23. The molecule has 0 spiro atoms. The third-order valence-electron chi connectivity index (χ3n) is 4.92. The van der Waals surface area contributed by atoms with Gasteiger partial charge in [-0.1, -0.05) is 30.3 Å². The zero-order chi connectivity index (χ0) is 20.2. The summed E-state index contributed by atoms with van der Waals surface area (Å²) in [5.41, 5.74) is 4.74. The molecule has 5 aromatic rings. The second-order valence-corrected chi connectivity index (χ2v) is 6.93. The number of rotatable bonds is 6. The summed E-state index contributed by atoms with van der Waals surface area (Å²) < 4.78 is 0. The lowest BCUT2D eigenvalue weighted by Crippen LogP contribution is -2.08. The predicted octanol–water partition coefficient (Wildman–Crippen LogP) is 4.74. The molecule has 0 saturated carbocycles. The third-order valence-corrected chi connectivity index (χ3v) is 4.92. The Kier molecular flexibility index (Phi) is 4.88. The zero-order valence-electron chi connectivity index (χ0n) is 16.3. The van der Waals surface area contributed by atoms with E-state index in [0.717, 1.165) is 41.4 Å². The molecule has 0 atom stereocenters. The number of hydrogen-bond donors (Lipinski definition) is 2. The number of anilines is 1. The second-order valence-electron chi connectivity index (χ2n) is 6.93. The maximum atomic E-state index is 4.69. The molecule has 6 nitrogen and oxygen atoms in total. The van der Waals surface area contributed by atoms with E-state index in [1.54, 1.807) is 12.4 Å². The minimum Gasteiger partial charge on any atom is -0.370 e. The molecule has 0 bridgehead atoms. The predicted molar refractivity (Wildman–Crippen MR) is 119 cm³/mol. The van der Waals surface area contributed by atoms with E-state index in [2.05, 4.69) is 44.7 Å². The molecule has 0 unspecified atom stereocenters. The van der Waals surface area contributed by atoms with E-state index in [1.807, 2.05) is 48.5 Å². The Labute approximate surface area is 174 Å². The smallest absolute Gasteiger partial charge is 0.180 e. The molecule has 30 heavy (non-hydrogen) atoms. The molecule has 0 amide bonds. The van der Waals surface area contributed by atoms with Crippen LogP contribution in [0.4, 0.5) is 5.82 Å². The number of H-pyrrole nitrogens is 1. The lowest BCUT2D eigenvalue weighted by Gasteiger charge is -2.10. The number of benzene rings is 1. The molecule has 4 aromatic heterocycles. The Bertz CT molecular complexity index is 1210. The van der Waals surface area contributed by atoms with Gasteiger partial charge >= 0.3 is 0 Å². The van der Waals surface area contributed by atoms with Gasteiger partial charge in [-0.15, -0.1) is 0 Å². The van der Waals surface area contributed by atoms with Crippen LogP contribution in [0.25, 0.3) is 33.8 Å². The number of pyridine rings is 2. The molecule has 0 aliphatic heterocycles. The summed E-state index contributed by atoms with van der Waals surface area (Å²) in [5, 5.41) is 4.70. The van der Waals surface area contributed by atoms with Crippen LogP contribution in [0.15, 0.2) is 85.3 Å². The molecular weight excluding hydrogens is 372 g/mol.